The van der Waals surface area contributed by atoms with Crippen molar-refractivity contribution in [2.75, 3.05) is 78.7 Å². The van der Waals surface area contributed by atoms with E-state index < -0.39 is 17.7 Å². The average molecular weight is 423 g/mol. The van der Waals surface area contributed by atoms with E-state index in [4.69, 9.17) is 9.47 Å². The molecule has 0 saturated carbocycles. The minimum Gasteiger partial charge on any atom is -0.465 e. The maximum absolute atomic E-state index is 12.0. The minimum atomic E-state index is -0.552. The second-order valence-electron chi connectivity index (χ2n) is 8.89. The lowest BCUT2D eigenvalue weighted by atomic mass is 10.1. The Kier molecular flexibility index (Phi) is 7.35. The van der Waals surface area contributed by atoms with E-state index in [0.29, 0.717) is 25.3 Å². The lowest BCUT2D eigenvalue weighted by Gasteiger charge is -2.47. The molecule has 0 spiro atoms. The van der Waals surface area contributed by atoms with Gasteiger partial charge in [0.1, 0.15) is 12.8 Å². The van der Waals surface area contributed by atoms with Gasteiger partial charge in [0.05, 0.1) is 13.2 Å². The monoisotopic (exact) mass is 422 g/mol. The van der Waals surface area contributed by atoms with Crippen molar-refractivity contribution < 1.29 is 23.9 Å². The first kappa shape index (κ1) is 21.7. The van der Waals surface area contributed by atoms with Gasteiger partial charge in [-0.25, -0.2) is 0 Å². The Morgan fingerprint density at radius 2 is 1.03 bits per heavy atom. The van der Waals surface area contributed by atoms with Crippen LogP contribution in [0.25, 0.3) is 0 Å². The zero-order chi connectivity index (χ0) is 20.9. The highest BCUT2D eigenvalue weighted by atomic mass is 16.5. The summed E-state index contributed by atoms with van der Waals surface area (Å²) in [5.41, 5.74) is 0. The summed E-state index contributed by atoms with van der Waals surface area (Å²) in [6.45, 7) is 11.5. The quantitative estimate of drug-likeness (QED) is 0.332. The summed E-state index contributed by atoms with van der Waals surface area (Å²) in [5.74, 6) is -1.54. The third kappa shape index (κ3) is 5.78. The number of esters is 2. The molecule has 0 aliphatic carbocycles. The molecule has 0 amide bonds. The Morgan fingerprint density at radius 1 is 0.633 bits per heavy atom. The number of Topliss-reactive ketones (excluding diaryl/α,β-unsaturated/α-hetero) is 1. The van der Waals surface area contributed by atoms with Gasteiger partial charge in [-0.05, 0) is 12.8 Å². The largest absolute Gasteiger partial charge is 0.465 e. The normalized spacial score (nSPS) is 34.5. The highest BCUT2D eigenvalue weighted by molar-refractivity contribution is 6.03. The number of piperazine rings is 6. The Bertz CT molecular complexity index is 577. The predicted molar refractivity (Wildman–Crippen MR) is 109 cm³/mol. The summed E-state index contributed by atoms with van der Waals surface area (Å²) in [7, 11) is 0. The van der Waals surface area contributed by atoms with Gasteiger partial charge in [-0.2, -0.15) is 0 Å². The number of ketones is 1. The Morgan fingerprint density at radius 3 is 1.37 bits per heavy atom. The summed E-state index contributed by atoms with van der Waals surface area (Å²) in [4.78, 5) is 45.5. The van der Waals surface area contributed by atoms with E-state index in [1.54, 1.807) is 0 Å². The Hall–Kier alpha value is -1.55. The summed E-state index contributed by atoms with van der Waals surface area (Å²) >= 11 is 0. The van der Waals surface area contributed by atoms with Crippen LogP contribution in [-0.2, 0) is 23.9 Å². The zero-order valence-electron chi connectivity index (χ0n) is 17.8. The first-order chi connectivity index (χ1) is 14.6. The summed E-state index contributed by atoms with van der Waals surface area (Å²) < 4.78 is 10.5. The molecule has 0 aromatic carbocycles. The van der Waals surface area contributed by atoms with Gasteiger partial charge in [-0.1, -0.05) is 0 Å². The molecular weight excluding hydrogens is 388 g/mol. The van der Waals surface area contributed by atoms with Crippen LogP contribution < -0.4 is 0 Å². The van der Waals surface area contributed by atoms with Crippen LogP contribution in [0.5, 0.6) is 0 Å². The van der Waals surface area contributed by atoms with E-state index in [-0.39, 0.29) is 12.8 Å². The number of fused-ring (bicyclic) bond motifs is 6. The van der Waals surface area contributed by atoms with Gasteiger partial charge in [0.15, 0.2) is 5.78 Å². The number of rotatable bonds is 10. The summed E-state index contributed by atoms with van der Waals surface area (Å²) in [6, 6.07) is 0.858. The molecule has 4 bridgehead atoms. The molecular formula is C21H34N4O5. The van der Waals surface area contributed by atoms with Crippen LogP contribution in [-0.4, -0.2) is 128 Å². The number of carbonyl (C=O) groups excluding carboxylic acids is 3. The molecule has 168 valence electrons. The molecule has 6 saturated heterocycles. The first-order valence-electron chi connectivity index (χ1n) is 11.3. The second-order valence-corrected chi connectivity index (χ2v) is 8.89. The Balaban J connectivity index is 1.05. The van der Waals surface area contributed by atoms with Crippen molar-refractivity contribution in [3.05, 3.63) is 0 Å². The third-order valence-electron chi connectivity index (χ3n) is 6.90. The lowest BCUT2D eigenvalue weighted by molar-refractivity contribution is -0.149. The molecule has 6 rings (SSSR count). The molecule has 2 unspecified atom stereocenters. The van der Waals surface area contributed by atoms with Crippen molar-refractivity contribution in [2.45, 2.75) is 37.8 Å². The molecule has 9 nitrogen and oxygen atoms in total. The second kappa shape index (κ2) is 10.2. The molecule has 2 atom stereocenters. The van der Waals surface area contributed by atoms with Crippen LogP contribution in [0.3, 0.4) is 0 Å². The molecule has 9 heteroatoms. The summed E-state index contributed by atoms with van der Waals surface area (Å²) in [6.07, 6.45) is 0.851. The van der Waals surface area contributed by atoms with Gasteiger partial charge >= 0.3 is 11.9 Å². The van der Waals surface area contributed by atoms with E-state index in [2.05, 4.69) is 19.6 Å². The third-order valence-corrected chi connectivity index (χ3v) is 6.90. The molecule has 30 heavy (non-hydrogen) atoms. The average Bonchev–Trinajstić information content (AvgIpc) is 2.75. The molecule has 0 radical (unpaired) electrons. The number of nitrogens with zero attached hydrogens (tertiary/aromatic N) is 4. The molecule has 6 fully saturated rings. The van der Waals surface area contributed by atoms with Gasteiger partial charge < -0.3 is 9.47 Å². The van der Waals surface area contributed by atoms with Gasteiger partial charge in [-0.15, -0.1) is 0 Å². The van der Waals surface area contributed by atoms with Gasteiger partial charge in [-0.3, -0.25) is 34.0 Å². The number of ether oxygens (including phenoxy) is 2. The van der Waals surface area contributed by atoms with Crippen molar-refractivity contribution >= 4 is 17.7 Å². The maximum atomic E-state index is 12.0. The standard InChI is InChI=1S/C21H34N4O5/c26-19(13-20(27)29-11-1-17-15-22-3-7-24(17)8-4-22)14-21(28)30-12-2-18-16-23-5-9-25(18)10-6-23/h17-18H,1-16H2. The molecule has 0 aromatic rings. The van der Waals surface area contributed by atoms with Crippen molar-refractivity contribution in [3.8, 4) is 0 Å². The fourth-order valence-electron chi connectivity index (χ4n) is 5.10. The highest BCUT2D eigenvalue weighted by Crippen LogP contribution is 2.19. The SMILES string of the molecule is O=C(CC(=O)OCCC1CN2CCN1CC2)CC(=O)OCCC1CN2CCN1CC2. The van der Waals surface area contributed by atoms with Crippen molar-refractivity contribution in [2.24, 2.45) is 0 Å². The molecule has 6 heterocycles. The van der Waals surface area contributed by atoms with Crippen molar-refractivity contribution in [1.29, 1.82) is 0 Å². The summed E-state index contributed by atoms with van der Waals surface area (Å²) in [5, 5.41) is 0. The van der Waals surface area contributed by atoms with Gasteiger partial charge in [0.2, 0.25) is 0 Å². The zero-order valence-corrected chi connectivity index (χ0v) is 17.8. The van der Waals surface area contributed by atoms with E-state index in [0.717, 1.165) is 78.3 Å². The fourth-order valence-corrected chi connectivity index (χ4v) is 5.10. The van der Waals surface area contributed by atoms with Gasteiger partial charge in [0, 0.05) is 77.5 Å². The number of hydrogen-bond donors (Lipinski definition) is 0. The van der Waals surface area contributed by atoms with E-state index >= 15 is 0 Å². The minimum absolute atomic E-state index is 0.320. The molecule has 6 aliphatic rings. The van der Waals surface area contributed by atoms with Crippen LogP contribution in [0.2, 0.25) is 0 Å². The fraction of sp³-hybridized carbons (Fsp3) is 0.857. The van der Waals surface area contributed by atoms with E-state index in [9.17, 15) is 14.4 Å². The van der Waals surface area contributed by atoms with Crippen LogP contribution in [0.1, 0.15) is 25.7 Å². The maximum Gasteiger partial charge on any atom is 0.313 e. The van der Waals surface area contributed by atoms with E-state index in [1.807, 2.05) is 0 Å². The number of hydrogen-bond acceptors (Lipinski definition) is 9. The van der Waals surface area contributed by atoms with Gasteiger partial charge in [0.25, 0.3) is 0 Å². The molecule has 0 aromatic heterocycles. The Labute approximate surface area is 178 Å². The van der Waals surface area contributed by atoms with Crippen molar-refractivity contribution in [3.63, 3.8) is 0 Å². The smallest absolute Gasteiger partial charge is 0.313 e. The lowest BCUT2D eigenvalue weighted by Crippen LogP contribution is -2.61. The first-order valence-corrected chi connectivity index (χ1v) is 11.3. The predicted octanol–water partition coefficient (Wildman–Crippen LogP) is -0.798. The molecule has 0 N–H and O–H groups in total. The molecule has 6 aliphatic heterocycles. The van der Waals surface area contributed by atoms with Crippen LogP contribution >= 0.6 is 0 Å². The van der Waals surface area contributed by atoms with Crippen LogP contribution in [0, 0.1) is 0 Å². The number of carbonyl (C=O) groups is 3. The van der Waals surface area contributed by atoms with E-state index in [1.165, 1.54) is 0 Å². The van der Waals surface area contributed by atoms with Crippen LogP contribution in [0.15, 0.2) is 0 Å². The van der Waals surface area contributed by atoms with Crippen molar-refractivity contribution in [1.82, 2.24) is 19.6 Å². The topological polar surface area (TPSA) is 82.6 Å². The highest BCUT2D eigenvalue weighted by Gasteiger charge is 2.32. The van der Waals surface area contributed by atoms with Crippen LogP contribution in [0.4, 0.5) is 0 Å².